The molecular formula is C19H22N2O2. The maximum Gasteiger partial charge on any atom is 0.228 e. The Morgan fingerprint density at radius 2 is 1.96 bits per heavy atom. The van der Waals surface area contributed by atoms with Crippen LogP contribution in [0.15, 0.2) is 48.5 Å². The molecule has 1 amide bonds. The van der Waals surface area contributed by atoms with Crippen LogP contribution in [0.5, 0.6) is 11.5 Å². The lowest BCUT2D eigenvalue weighted by Gasteiger charge is -2.22. The van der Waals surface area contributed by atoms with Gasteiger partial charge in [0.2, 0.25) is 5.91 Å². The summed E-state index contributed by atoms with van der Waals surface area (Å²) in [6.07, 6.45) is 1.97. The van der Waals surface area contributed by atoms with Crippen molar-refractivity contribution in [2.75, 3.05) is 18.4 Å². The zero-order valence-electron chi connectivity index (χ0n) is 13.3. The zero-order valence-corrected chi connectivity index (χ0v) is 13.3. The van der Waals surface area contributed by atoms with Gasteiger partial charge >= 0.3 is 0 Å². The number of para-hydroxylation sites is 2. The third-order valence-corrected chi connectivity index (χ3v) is 4.06. The number of ether oxygens (including phenoxy) is 1. The van der Waals surface area contributed by atoms with Gasteiger partial charge in [-0.05, 0) is 50.6 Å². The molecule has 4 nitrogen and oxygen atoms in total. The Bertz CT molecular complexity index is 661. The molecule has 1 unspecified atom stereocenters. The van der Waals surface area contributed by atoms with Crippen LogP contribution in [-0.4, -0.2) is 19.0 Å². The maximum atomic E-state index is 12.4. The number of rotatable bonds is 4. The van der Waals surface area contributed by atoms with Gasteiger partial charge in [-0.2, -0.15) is 0 Å². The molecule has 23 heavy (non-hydrogen) atoms. The van der Waals surface area contributed by atoms with E-state index in [1.54, 1.807) is 0 Å². The summed E-state index contributed by atoms with van der Waals surface area (Å²) in [7, 11) is 0. The third-order valence-electron chi connectivity index (χ3n) is 4.06. The Morgan fingerprint density at radius 1 is 1.17 bits per heavy atom. The minimum Gasteiger partial charge on any atom is -0.455 e. The van der Waals surface area contributed by atoms with Gasteiger partial charge in [0.25, 0.3) is 0 Å². The molecule has 2 aromatic rings. The molecule has 2 aromatic carbocycles. The van der Waals surface area contributed by atoms with Crippen molar-refractivity contribution >= 4 is 11.6 Å². The quantitative estimate of drug-likeness (QED) is 0.905. The predicted octanol–water partition coefficient (Wildman–Crippen LogP) is 3.73. The largest absolute Gasteiger partial charge is 0.455 e. The molecule has 1 fully saturated rings. The van der Waals surface area contributed by atoms with Crippen molar-refractivity contribution < 1.29 is 9.53 Å². The average molecular weight is 310 g/mol. The normalized spacial score (nSPS) is 17.5. The molecule has 120 valence electrons. The molecule has 0 aromatic heterocycles. The van der Waals surface area contributed by atoms with Crippen molar-refractivity contribution in [2.24, 2.45) is 5.92 Å². The van der Waals surface area contributed by atoms with Crippen LogP contribution in [0.3, 0.4) is 0 Å². The number of hydrogen-bond acceptors (Lipinski definition) is 3. The van der Waals surface area contributed by atoms with Gasteiger partial charge in [0.15, 0.2) is 5.75 Å². The third kappa shape index (κ3) is 4.11. The molecule has 3 rings (SSSR count). The van der Waals surface area contributed by atoms with Crippen LogP contribution in [0, 0.1) is 12.8 Å². The summed E-state index contributed by atoms with van der Waals surface area (Å²) >= 11 is 0. The van der Waals surface area contributed by atoms with E-state index in [1.807, 2.05) is 55.5 Å². The zero-order chi connectivity index (χ0) is 16.1. The first-order valence-corrected chi connectivity index (χ1v) is 8.07. The number of anilines is 1. The average Bonchev–Trinajstić information content (AvgIpc) is 2.59. The summed E-state index contributed by atoms with van der Waals surface area (Å²) in [5, 5.41) is 6.28. The minimum atomic E-state index is 0.0242. The van der Waals surface area contributed by atoms with E-state index in [1.165, 1.54) is 5.56 Å². The summed E-state index contributed by atoms with van der Waals surface area (Å²) < 4.78 is 5.92. The van der Waals surface area contributed by atoms with E-state index in [-0.39, 0.29) is 11.8 Å². The fourth-order valence-electron chi connectivity index (χ4n) is 2.70. The van der Waals surface area contributed by atoms with Gasteiger partial charge in [0.1, 0.15) is 5.75 Å². The Kier molecular flexibility index (Phi) is 4.93. The molecule has 0 aliphatic carbocycles. The highest BCUT2D eigenvalue weighted by Gasteiger charge is 2.21. The number of piperidine rings is 1. The Hall–Kier alpha value is -2.33. The summed E-state index contributed by atoms with van der Waals surface area (Å²) in [5.41, 5.74) is 1.90. The highest BCUT2D eigenvalue weighted by Crippen LogP contribution is 2.30. The number of aryl methyl sites for hydroxylation is 1. The monoisotopic (exact) mass is 310 g/mol. The van der Waals surface area contributed by atoms with Gasteiger partial charge in [-0.3, -0.25) is 4.79 Å². The molecule has 1 aliphatic heterocycles. The smallest absolute Gasteiger partial charge is 0.228 e. The fourth-order valence-corrected chi connectivity index (χ4v) is 2.70. The number of benzene rings is 2. The molecule has 0 spiro atoms. The van der Waals surface area contributed by atoms with Crippen LogP contribution in [0.25, 0.3) is 0 Å². The first kappa shape index (κ1) is 15.6. The first-order valence-electron chi connectivity index (χ1n) is 8.07. The minimum absolute atomic E-state index is 0.0242. The van der Waals surface area contributed by atoms with E-state index in [9.17, 15) is 4.79 Å². The van der Waals surface area contributed by atoms with Gasteiger partial charge in [0, 0.05) is 6.54 Å². The van der Waals surface area contributed by atoms with Crippen LogP contribution in [0.4, 0.5) is 5.69 Å². The van der Waals surface area contributed by atoms with Gasteiger partial charge < -0.3 is 15.4 Å². The maximum absolute atomic E-state index is 12.4. The second-order valence-corrected chi connectivity index (χ2v) is 5.94. The fraction of sp³-hybridized carbons (Fsp3) is 0.316. The molecule has 1 saturated heterocycles. The molecule has 0 saturated carbocycles. The standard InChI is InChI=1S/C19H22N2O2/c1-14-8-10-16(11-9-14)23-18-7-3-2-6-17(18)21-19(22)15-5-4-12-20-13-15/h2-3,6-11,15,20H,4-5,12-13H2,1H3,(H,21,22). The van der Waals surface area contributed by atoms with Crippen molar-refractivity contribution in [3.05, 3.63) is 54.1 Å². The lowest BCUT2D eigenvalue weighted by atomic mass is 9.99. The summed E-state index contributed by atoms with van der Waals surface area (Å²) in [6.45, 7) is 3.78. The second-order valence-electron chi connectivity index (χ2n) is 5.94. The predicted molar refractivity (Wildman–Crippen MR) is 91.9 cm³/mol. The lowest BCUT2D eigenvalue weighted by molar-refractivity contribution is -0.120. The molecule has 2 N–H and O–H groups in total. The first-order chi connectivity index (χ1) is 11.2. The lowest BCUT2D eigenvalue weighted by Crippen LogP contribution is -2.37. The highest BCUT2D eigenvalue weighted by atomic mass is 16.5. The van der Waals surface area contributed by atoms with Crippen LogP contribution in [0.1, 0.15) is 18.4 Å². The Morgan fingerprint density at radius 3 is 2.70 bits per heavy atom. The van der Waals surface area contributed by atoms with E-state index >= 15 is 0 Å². The second kappa shape index (κ2) is 7.29. The van der Waals surface area contributed by atoms with Crippen LogP contribution >= 0.6 is 0 Å². The number of carbonyl (C=O) groups excluding carboxylic acids is 1. The summed E-state index contributed by atoms with van der Waals surface area (Å²) in [5.74, 6) is 1.50. The highest BCUT2D eigenvalue weighted by molar-refractivity contribution is 5.94. The van der Waals surface area contributed by atoms with Crippen molar-refractivity contribution in [3.63, 3.8) is 0 Å². The topological polar surface area (TPSA) is 50.4 Å². The number of nitrogens with one attached hydrogen (secondary N) is 2. The van der Waals surface area contributed by atoms with Gasteiger partial charge in [-0.1, -0.05) is 29.8 Å². The van der Waals surface area contributed by atoms with E-state index in [0.717, 1.165) is 31.7 Å². The number of carbonyl (C=O) groups is 1. The molecular weight excluding hydrogens is 288 g/mol. The van der Waals surface area contributed by atoms with E-state index in [4.69, 9.17) is 4.74 Å². The number of hydrogen-bond donors (Lipinski definition) is 2. The van der Waals surface area contributed by atoms with Gasteiger partial charge in [-0.25, -0.2) is 0 Å². The van der Waals surface area contributed by atoms with Crippen LogP contribution in [-0.2, 0) is 4.79 Å². The molecule has 1 aliphatic rings. The van der Waals surface area contributed by atoms with Crippen LogP contribution < -0.4 is 15.4 Å². The Labute approximate surface area is 136 Å². The summed E-state index contributed by atoms with van der Waals surface area (Å²) in [6, 6.07) is 15.4. The van der Waals surface area contributed by atoms with Crippen LogP contribution in [0.2, 0.25) is 0 Å². The van der Waals surface area contributed by atoms with Crippen molar-refractivity contribution in [2.45, 2.75) is 19.8 Å². The summed E-state index contributed by atoms with van der Waals surface area (Å²) in [4.78, 5) is 12.4. The molecule has 1 atom stereocenters. The molecule has 0 radical (unpaired) electrons. The number of amides is 1. The molecule has 1 heterocycles. The molecule has 4 heteroatoms. The van der Waals surface area contributed by atoms with Crippen molar-refractivity contribution in [1.82, 2.24) is 5.32 Å². The molecule has 0 bridgehead atoms. The SMILES string of the molecule is Cc1ccc(Oc2ccccc2NC(=O)C2CCCNC2)cc1. The van der Waals surface area contributed by atoms with E-state index in [0.29, 0.717) is 11.4 Å². The van der Waals surface area contributed by atoms with E-state index < -0.39 is 0 Å². The van der Waals surface area contributed by atoms with E-state index in [2.05, 4.69) is 10.6 Å². The Balaban J connectivity index is 1.72. The van der Waals surface area contributed by atoms with Gasteiger partial charge in [0.05, 0.1) is 11.6 Å². The van der Waals surface area contributed by atoms with Gasteiger partial charge in [-0.15, -0.1) is 0 Å². The van der Waals surface area contributed by atoms with Crippen molar-refractivity contribution in [1.29, 1.82) is 0 Å². The van der Waals surface area contributed by atoms with Crippen molar-refractivity contribution in [3.8, 4) is 11.5 Å².